The number of ether oxygens (including phenoxy) is 2. The van der Waals surface area contributed by atoms with E-state index in [2.05, 4.69) is 29.0 Å². The standard InChI is InChI=1S/C16H24N4O2/c1-5-21-12-8-7-11(9-13(12)22-6-2)15-18-16(20-19-15)14(17)10(3)4/h7-10,14H,5-6,17H2,1-4H3,(H,18,19,20)/t14-/m1/s1. The summed E-state index contributed by atoms with van der Waals surface area (Å²) >= 11 is 0. The molecule has 1 heterocycles. The van der Waals surface area contributed by atoms with Crippen LogP contribution >= 0.6 is 0 Å². The number of hydrogen-bond donors (Lipinski definition) is 2. The molecule has 3 N–H and O–H groups in total. The third-order valence-corrected chi connectivity index (χ3v) is 3.34. The molecule has 0 radical (unpaired) electrons. The van der Waals surface area contributed by atoms with Gasteiger partial charge in [0.15, 0.2) is 17.3 Å². The first-order valence-electron chi connectivity index (χ1n) is 7.64. The minimum absolute atomic E-state index is 0.157. The summed E-state index contributed by atoms with van der Waals surface area (Å²) < 4.78 is 11.2. The van der Waals surface area contributed by atoms with Gasteiger partial charge in [0.2, 0.25) is 0 Å². The maximum atomic E-state index is 6.09. The van der Waals surface area contributed by atoms with Gasteiger partial charge in [0, 0.05) is 5.56 Å². The Morgan fingerprint density at radius 1 is 1.14 bits per heavy atom. The lowest BCUT2D eigenvalue weighted by molar-refractivity contribution is 0.288. The predicted octanol–water partition coefficient (Wildman–Crippen LogP) is 2.92. The highest BCUT2D eigenvalue weighted by Gasteiger charge is 2.17. The van der Waals surface area contributed by atoms with Gasteiger partial charge in [-0.15, -0.1) is 0 Å². The maximum absolute atomic E-state index is 6.09. The highest BCUT2D eigenvalue weighted by molar-refractivity contribution is 5.61. The van der Waals surface area contributed by atoms with E-state index in [0.717, 1.165) is 11.3 Å². The normalized spacial score (nSPS) is 12.5. The average molecular weight is 304 g/mol. The van der Waals surface area contributed by atoms with Crippen molar-refractivity contribution in [1.29, 1.82) is 0 Å². The number of aromatic nitrogens is 3. The molecule has 0 aliphatic carbocycles. The molecule has 1 aromatic heterocycles. The number of rotatable bonds is 7. The number of hydrogen-bond acceptors (Lipinski definition) is 5. The molecule has 6 heteroatoms. The number of nitrogens with one attached hydrogen (secondary N) is 1. The number of benzene rings is 1. The summed E-state index contributed by atoms with van der Waals surface area (Å²) in [5.74, 6) is 3.01. The van der Waals surface area contributed by atoms with Crippen LogP contribution in [0.25, 0.3) is 11.4 Å². The fourth-order valence-corrected chi connectivity index (χ4v) is 2.06. The molecular formula is C16H24N4O2. The van der Waals surface area contributed by atoms with Gasteiger partial charge < -0.3 is 15.2 Å². The highest BCUT2D eigenvalue weighted by atomic mass is 16.5. The van der Waals surface area contributed by atoms with Crippen molar-refractivity contribution in [3.63, 3.8) is 0 Å². The van der Waals surface area contributed by atoms with E-state index < -0.39 is 0 Å². The third-order valence-electron chi connectivity index (χ3n) is 3.34. The van der Waals surface area contributed by atoms with E-state index >= 15 is 0 Å². The van der Waals surface area contributed by atoms with Gasteiger partial charge in [0.05, 0.1) is 19.3 Å². The van der Waals surface area contributed by atoms with Gasteiger partial charge in [-0.05, 0) is 38.0 Å². The lowest BCUT2D eigenvalue weighted by Gasteiger charge is -2.12. The lowest BCUT2D eigenvalue weighted by atomic mass is 10.1. The molecule has 0 spiro atoms. The Morgan fingerprint density at radius 3 is 2.45 bits per heavy atom. The van der Waals surface area contributed by atoms with Crippen LogP contribution < -0.4 is 15.2 Å². The molecule has 0 amide bonds. The summed E-state index contributed by atoms with van der Waals surface area (Å²) in [6, 6.07) is 5.53. The Bertz CT molecular complexity index is 610. The zero-order chi connectivity index (χ0) is 16.1. The van der Waals surface area contributed by atoms with Gasteiger partial charge in [0.25, 0.3) is 0 Å². The molecule has 120 valence electrons. The summed E-state index contributed by atoms with van der Waals surface area (Å²) in [5.41, 5.74) is 6.96. The van der Waals surface area contributed by atoms with Gasteiger partial charge in [-0.3, -0.25) is 5.10 Å². The van der Waals surface area contributed by atoms with Gasteiger partial charge in [-0.25, -0.2) is 4.98 Å². The quantitative estimate of drug-likeness (QED) is 0.821. The number of nitrogens with zero attached hydrogens (tertiary/aromatic N) is 2. The number of nitrogens with two attached hydrogens (primary N) is 1. The monoisotopic (exact) mass is 304 g/mol. The summed E-state index contributed by atoms with van der Waals surface area (Å²) in [6.45, 7) is 9.15. The van der Waals surface area contributed by atoms with Crippen molar-refractivity contribution in [2.24, 2.45) is 11.7 Å². The molecule has 0 bridgehead atoms. The van der Waals surface area contributed by atoms with Crippen molar-refractivity contribution >= 4 is 0 Å². The first-order chi connectivity index (χ1) is 10.6. The fourth-order valence-electron chi connectivity index (χ4n) is 2.06. The average Bonchev–Trinajstić information content (AvgIpc) is 2.98. The molecule has 0 saturated heterocycles. The molecule has 1 aromatic carbocycles. The van der Waals surface area contributed by atoms with E-state index in [4.69, 9.17) is 15.2 Å². The number of aromatic amines is 1. The van der Waals surface area contributed by atoms with E-state index in [9.17, 15) is 0 Å². The van der Waals surface area contributed by atoms with E-state index in [1.165, 1.54) is 0 Å². The van der Waals surface area contributed by atoms with Crippen molar-refractivity contribution in [1.82, 2.24) is 15.2 Å². The first-order valence-corrected chi connectivity index (χ1v) is 7.64. The molecule has 22 heavy (non-hydrogen) atoms. The second-order valence-corrected chi connectivity index (χ2v) is 5.34. The molecule has 0 fully saturated rings. The van der Waals surface area contributed by atoms with E-state index in [0.29, 0.717) is 36.5 Å². The van der Waals surface area contributed by atoms with Crippen molar-refractivity contribution in [3.05, 3.63) is 24.0 Å². The van der Waals surface area contributed by atoms with Crippen LogP contribution in [0.2, 0.25) is 0 Å². The second kappa shape index (κ2) is 7.26. The summed E-state index contributed by atoms with van der Waals surface area (Å²) in [5, 5.41) is 7.17. The molecule has 6 nitrogen and oxygen atoms in total. The van der Waals surface area contributed by atoms with Crippen molar-refractivity contribution in [2.75, 3.05) is 13.2 Å². The molecule has 0 aliphatic rings. The topological polar surface area (TPSA) is 86.0 Å². The van der Waals surface area contributed by atoms with E-state index in [1.807, 2.05) is 32.0 Å². The van der Waals surface area contributed by atoms with Crippen molar-refractivity contribution in [2.45, 2.75) is 33.7 Å². The highest BCUT2D eigenvalue weighted by Crippen LogP contribution is 2.32. The molecule has 0 aliphatic heterocycles. The molecular weight excluding hydrogens is 280 g/mol. The minimum atomic E-state index is -0.157. The van der Waals surface area contributed by atoms with Gasteiger partial charge in [-0.2, -0.15) is 5.10 Å². The SMILES string of the molecule is CCOc1ccc(-c2n[nH]c([C@H](N)C(C)C)n2)cc1OCC. The summed E-state index contributed by atoms with van der Waals surface area (Å²) in [4.78, 5) is 4.49. The van der Waals surface area contributed by atoms with Crippen LogP contribution in [0.15, 0.2) is 18.2 Å². The van der Waals surface area contributed by atoms with E-state index in [1.54, 1.807) is 0 Å². The Kier molecular flexibility index (Phi) is 5.38. The van der Waals surface area contributed by atoms with Crippen LogP contribution in [-0.2, 0) is 0 Å². The Balaban J connectivity index is 2.30. The van der Waals surface area contributed by atoms with Gasteiger partial charge in [0.1, 0.15) is 5.82 Å². The van der Waals surface area contributed by atoms with Gasteiger partial charge >= 0.3 is 0 Å². The number of H-pyrrole nitrogens is 1. The lowest BCUT2D eigenvalue weighted by Crippen LogP contribution is -2.18. The van der Waals surface area contributed by atoms with Crippen LogP contribution in [0.1, 0.15) is 39.6 Å². The third kappa shape index (κ3) is 3.57. The zero-order valence-corrected chi connectivity index (χ0v) is 13.6. The van der Waals surface area contributed by atoms with Crippen LogP contribution in [0.4, 0.5) is 0 Å². The molecule has 0 unspecified atom stereocenters. The van der Waals surface area contributed by atoms with Crippen LogP contribution in [0, 0.1) is 5.92 Å². The van der Waals surface area contributed by atoms with Gasteiger partial charge in [-0.1, -0.05) is 13.8 Å². The maximum Gasteiger partial charge on any atom is 0.181 e. The van der Waals surface area contributed by atoms with Crippen LogP contribution in [-0.4, -0.2) is 28.4 Å². The molecule has 0 saturated carbocycles. The van der Waals surface area contributed by atoms with Crippen LogP contribution in [0.3, 0.4) is 0 Å². The smallest absolute Gasteiger partial charge is 0.181 e. The summed E-state index contributed by atoms with van der Waals surface area (Å²) in [7, 11) is 0. The molecule has 2 aromatic rings. The fraction of sp³-hybridized carbons (Fsp3) is 0.500. The Morgan fingerprint density at radius 2 is 1.82 bits per heavy atom. The Labute approximate surface area is 131 Å². The Hall–Kier alpha value is -2.08. The largest absolute Gasteiger partial charge is 0.490 e. The molecule has 1 atom stereocenters. The van der Waals surface area contributed by atoms with Crippen LogP contribution in [0.5, 0.6) is 11.5 Å². The zero-order valence-electron chi connectivity index (χ0n) is 13.6. The summed E-state index contributed by atoms with van der Waals surface area (Å²) in [6.07, 6.45) is 0. The van der Waals surface area contributed by atoms with Crippen molar-refractivity contribution in [3.8, 4) is 22.9 Å². The first kappa shape index (κ1) is 16.3. The second-order valence-electron chi connectivity index (χ2n) is 5.34. The van der Waals surface area contributed by atoms with E-state index in [-0.39, 0.29) is 6.04 Å². The minimum Gasteiger partial charge on any atom is -0.490 e. The van der Waals surface area contributed by atoms with Crippen molar-refractivity contribution < 1.29 is 9.47 Å². The predicted molar refractivity (Wildman–Crippen MR) is 85.9 cm³/mol. The molecule has 2 rings (SSSR count).